The van der Waals surface area contributed by atoms with Crippen LogP contribution < -0.4 is 4.74 Å². The molecular formula is C11H16N2OSi. The Morgan fingerprint density at radius 2 is 2.13 bits per heavy atom. The van der Waals surface area contributed by atoms with Crippen LogP contribution in [-0.4, -0.2) is 19.7 Å². The second-order valence-corrected chi connectivity index (χ2v) is 10.3. The van der Waals surface area contributed by atoms with Gasteiger partial charge >= 0.3 is 0 Å². The third-order valence-corrected chi connectivity index (χ3v) is 3.64. The molecule has 0 fully saturated rings. The standard InChI is InChI=1S/C11H16N2OSi/c1-15(2,3)8-7-14-11-6-4-5-10(9-12)13-11/h4-6H,7-8H2,1-3H3. The molecule has 0 bridgehead atoms. The average Bonchev–Trinajstić information content (AvgIpc) is 2.16. The largest absolute Gasteiger partial charge is 0.478 e. The number of ether oxygens (including phenoxy) is 1. The van der Waals surface area contributed by atoms with Crippen LogP contribution in [0.15, 0.2) is 18.2 Å². The highest BCUT2D eigenvalue weighted by molar-refractivity contribution is 6.76. The van der Waals surface area contributed by atoms with Gasteiger partial charge in [-0.15, -0.1) is 0 Å². The van der Waals surface area contributed by atoms with Crippen molar-refractivity contribution in [2.24, 2.45) is 0 Å². The van der Waals surface area contributed by atoms with Crippen LogP contribution in [0.4, 0.5) is 0 Å². The SMILES string of the molecule is C[Si](C)(C)CCOc1cccc(C#N)n1. The Balaban J connectivity index is 2.48. The highest BCUT2D eigenvalue weighted by Crippen LogP contribution is 2.11. The molecule has 0 saturated heterocycles. The lowest BCUT2D eigenvalue weighted by atomic mass is 10.4. The zero-order chi connectivity index (χ0) is 11.3. The van der Waals surface area contributed by atoms with Crippen LogP contribution in [0.3, 0.4) is 0 Å². The number of nitriles is 1. The average molecular weight is 220 g/mol. The molecule has 0 aliphatic heterocycles. The predicted molar refractivity (Wildman–Crippen MR) is 62.6 cm³/mol. The van der Waals surface area contributed by atoms with Gasteiger partial charge in [-0.1, -0.05) is 25.7 Å². The highest BCUT2D eigenvalue weighted by atomic mass is 28.3. The molecule has 15 heavy (non-hydrogen) atoms. The summed E-state index contributed by atoms with van der Waals surface area (Å²) in [6.07, 6.45) is 0. The fourth-order valence-electron chi connectivity index (χ4n) is 1.02. The summed E-state index contributed by atoms with van der Waals surface area (Å²) < 4.78 is 5.50. The number of nitrogens with zero attached hydrogens (tertiary/aromatic N) is 2. The zero-order valence-electron chi connectivity index (χ0n) is 9.45. The molecule has 0 N–H and O–H groups in total. The fourth-order valence-corrected chi connectivity index (χ4v) is 1.73. The maximum Gasteiger partial charge on any atom is 0.214 e. The third-order valence-electron chi connectivity index (χ3n) is 1.94. The van der Waals surface area contributed by atoms with Gasteiger partial charge in [-0.25, -0.2) is 4.98 Å². The first kappa shape index (κ1) is 11.7. The van der Waals surface area contributed by atoms with Crippen LogP contribution in [0.5, 0.6) is 5.88 Å². The number of pyridine rings is 1. The maximum absolute atomic E-state index is 8.66. The second kappa shape index (κ2) is 4.94. The van der Waals surface area contributed by atoms with Gasteiger partial charge in [0.15, 0.2) is 0 Å². The Kier molecular flexibility index (Phi) is 3.86. The molecule has 80 valence electrons. The van der Waals surface area contributed by atoms with E-state index in [1.165, 1.54) is 0 Å². The molecule has 4 heteroatoms. The van der Waals surface area contributed by atoms with Gasteiger partial charge in [-0.2, -0.15) is 5.26 Å². The van der Waals surface area contributed by atoms with E-state index in [0.717, 1.165) is 6.04 Å². The van der Waals surface area contributed by atoms with E-state index in [0.29, 0.717) is 18.2 Å². The molecule has 1 aromatic heterocycles. The highest BCUT2D eigenvalue weighted by Gasteiger charge is 2.12. The fraction of sp³-hybridized carbons (Fsp3) is 0.455. The van der Waals surface area contributed by atoms with Crippen molar-refractivity contribution in [3.8, 4) is 11.9 Å². The smallest absolute Gasteiger partial charge is 0.214 e. The zero-order valence-corrected chi connectivity index (χ0v) is 10.4. The van der Waals surface area contributed by atoms with E-state index >= 15 is 0 Å². The van der Waals surface area contributed by atoms with Gasteiger partial charge < -0.3 is 4.74 Å². The van der Waals surface area contributed by atoms with E-state index in [2.05, 4.69) is 24.6 Å². The molecule has 0 aliphatic carbocycles. The van der Waals surface area contributed by atoms with E-state index in [1.54, 1.807) is 18.2 Å². The van der Waals surface area contributed by atoms with E-state index in [9.17, 15) is 0 Å². The predicted octanol–water partition coefficient (Wildman–Crippen LogP) is 2.67. The van der Waals surface area contributed by atoms with E-state index in [4.69, 9.17) is 10.00 Å². The summed E-state index contributed by atoms with van der Waals surface area (Å²) >= 11 is 0. The minimum atomic E-state index is -1.05. The monoisotopic (exact) mass is 220 g/mol. The molecule has 1 aromatic rings. The Morgan fingerprint density at radius 3 is 2.73 bits per heavy atom. The van der Waals surface area contributed by atoms with E-state index in [-0.39, 0.29) is 0 Å². The molecular weight excluding hydrogens is 204 g/mol. The van der Waals surface area contributed by atoms with Gasteiger partial charge in [-0.05, 0) is 12.1 Å². The second-order valence-electron chi connectivity index (χ2n) is 4.63. The van der Waals surface area contributed by atoms with Gasteiger partial charge in [0.05, 0.1) is 6.61 Å². The lowest BCUT2D eigenvalue weighted by molar-refractivity contribution is 0.325. The van der Waals surface area contributed by atoms with Crippen molar-refractivity contribution in [3.05, 3.63) is 23.9 Å². The lowest BCUT2D eigenvalue weighted by Gasteiger charge is -2.15. The molecule has 1 heterocycles. The molecule has 0 spiro atoms. The van der Waals surface area contributed by atoms with Gasteiger partial charge in [0.2, 0.25) is 5.88 Å². The summed E-state index contributed by atoms with van der Waals surface area (Å²) in [6, 6.07) is 8.34. The summed E-state index contributed by atoms with van der Waals surface area (Å²) in [5.74, 6) is 0.548. The molecule has 0 atom stereocenters. The van der Waals surface area contributed by atoms with Crippen LogP contribution in [-0.2, 0) is 0 Å². The quantitative estimate of drug-likeness (QED) is 0.733. The first-order valence-electron chi connectivity index (χ1n) is 5.01. The minimum absolute atomic E-state index is 0.403. The van der Waals surface area contributed by atoms with Crippen molar-refractivity contribution in [2.75, 3.05) is 6.61 Å². The summed E-state index contributed by atoms with van der Waals surface area (Å²) in [5, 5.41) is 8.66. The number of hydrogen-bond acceptors (Lipinski definition) is 3. The van der Waals surface area contributed by atoms with Crippen molar-refractivity contribution in [3.63, 3.8) is 0 Å². The van der Waals surface area contributed by atoms with Crippen LogP contribution in [0.1, 0.15) is 5.69 Å². The summed E-state index contributed by atoms with van der Waals surface area (Å²) in [4.78, 5) is 4.04. The maximum atomic E-state index is 8.66. The van der Waals surface area contributed by atoms with Crippen molar-refractivity contribution < 1.29 is 4.74 Å². The summed E-state index contributed by atoms with van der Waals surface area (Å²) in [7, 11) is -1.05. The van der Waals surface area contributed by atoms with Crippen LogP contribution in [0.25, 0.3) is 0 Å². The van der Waals surface area contributed by atoms with Crippen LogP contribution >= 0.6 is 0 Å². The number of rotatable bonds is 4. The molecule has 0 aliphatic rings. The molecule has 3 nitrogen and oxygen atoms in total. The molecule has 0 saturated carbocycles. The minimum Gasteiger partial charge on any atom is -0.478 e. The van der Waals surface area contributed by atoms with Gasteiger partial charge in [0.1, 0.15) is 11.8 Å². The Hall–Kier alpha value is -1.34. The third kappa shape index (κ3) is 4.61. The Bertz CT molecular complexity index is 366. The van der Waals surface area contributed by atoms with Gasteiger partial charge in [0.25, 0.3) is 0 Å². The normalized spacial score (nSPS) is 10.8. The molecule has 0 amide bonds. The molecule has 0 aromatic carbocycles. The van der Waals surface area contributed by atoms with E-state index < -0.39 is 8.07 Å². The first-order chi connectivity index (χ1) is 7.01. The molecule has 0 radical (unpaired) electrons. The van der Waals surface area contributed by atoms with Gasteiger partial charge in [-0.3, -0.25) is 0 Å². The molecule has 0 unspecified atom stereocenters. The van der Waals surface area contributed by atoms with Crippen molar-refractivity contribution in [2.45, 2.75) is 25.7 Å². The number of aromatic nitrogens is 1. The summed E-state index contributed by atoms with van der Waals surface area (Å²) in [5.41, 5.74) is 0.403. The topological polar surface area (TPSA) is 45.9 Å². The lowest BCUT2D eigenvalue weighted by Crippen LogP contribution is -2.22. The van der Waals surface area contributed by atoms with E-state index in [1.807, 2.05) is 6.07 Å². The van der Waals surface area contributed by atoms with Gasteiger partial charge in [0, 0.05) is 14.1 Å². The first-order valence-corrected chi connectivity index (χ1v) is 8.72. The summed E-state index contributed by atoms with van der Waals surface area (Å²) in [6.45, 7) is 7.60. The van der Waals surface area contributed by atoms with Crippen LogP contribution in [0, 0.1) is 11.3 Å². The van der Waals surface area contributed by atoms with Crippen molar-refractivity contribution in [1.29, 1.82) is 5.26 Å². The Labute approximate surface area is 91.7 Å². The number of hydrogen-bond donors (Lipinski definition) is 0. The van der Waals surface area contributed by atoms with Crippen molar-refractivity contribution >= 4 is 8.07 Å². The Morgan fingerprint density at radius 1 is 1.40 bits per heavy atom. The molecule has 1 rings (SSSR count). The van der Waals surface area contributed by atoms with Crippen LogP contribution in [0.2, 0.25) is 25.7 Å². The van der Waals surface area contributed by atoms with Crippen molar-refractivity contribution in [1.82, 2.24) is 4.98 Å².